The van der Waals surface area contributed by atoms with Gasteiger partial charge in [0, 0.05) is 20.1 Å². The highest BCUT2D eigenvalue weighted by Gasteiger charge is 2.19. The summed E-state index contributed by atoms with van der Waals surface area (Å²) in [4.78, 5) is 32.7. The number of anilines is 2. The Kier molecular flexibility index (Phi) is 5.69. The van der Waals surface area contributed by atoms with E-state index in [1.807, 2.05) is 6.07 Å². The van der Waals surface area contributed by atoms with Gasteiger partial charge in [-0.25, -0.2) is 5.10 Å². The molecule has 25 heavy (non-hydrogen) atoms. The summed E-state index contributed by atoms with van der Waals surface area (Å²) in [6, 6.07) is 3.54. The summed E-state index contributed by atoms with van der Waals surface area (Å²) < 4.78 is 0.876. The minimum absolute atomic E-state index is 0.0614. The van der Waals surface area contributed by atoms with Crippen LogP contribution in [0.2, 0.25) is 0 Å². The van der Waals surface area contributed by atoms with Gasteiger partial charge < -0.3 is 9.80 Å². The van der Waals surface area contributed by atoms with Crippen molar-refractivity contribution in [2.75, 3.05) is 36.9 Å². The first-order valence-corrected chi connectivity index (χ1v) is 9.62. The van der Waals surface area contributed by atoms with Crippen LogP contribution in [0.3, 0.4) is 0 Å². The van der Waals surface area contributed by atoms with Crippen LogP contribution in [0.15, 0.2) is 15.9 Å². The van der Waals surface area contributed by atoms with Gasteiger partial charge in [-0.3, -0.25) is 14.9 Å². The molecule has 134 valence electrons. The van der Waals surface area contributed by atoms with Crippen molar-refractivity contribution in [2.45, 2.75) is 19.3 Å². The van der Waals surface area contributed by atoms with Crippen LogP contribution in [0.25, 0.3) is 0 Å². The van der Waals surface area contributed by atoms with Gasteiger partial charge in [0.2, 0.25) is 17.8 Å². The molecule has 2 aromatic rings. The number of likely N-dealkylation sites (N-methyl/N-ethyl adjacent to an activating group) is 1. The van der Waals surface area contributed by atoms with E-state index < -0.39 is 0 Å². The first-order chi connectivity index (χ1) is 12.0. The number of rotatable bonds is 5. The number of piperidine rings is 1. The van der Waals surface area contributed by atoms with Gasteiger partial charge in [0.25, 0.3) is 5.91 Å². The van der Waals surface area contributed by atoms with Gasteiger partial charge in [-0.2, -0.15) is 4.98 Å². The molecule has 0 unspecified atom stereocenters. The maximum absolute atomic E-state index is 12.2. The third-order valence-electron chi connectivity index (χ3n) is 3.88. The van der Waals surface area contributed by atoms with Crippen LogP contribution in [0.1, 0.15) is 28.9 Å². The number of carbonyl (C=O) groups excluding carboxylic acids is 2. The van der Waals surface area contributed by atoms with Gasteiger partial charge >= 0.3 is 0 Å². The van der Waals surface area contributed by atoms with Gasteiger partial charge in [0.05, 0.1) is 15.2 Å². The first kappa shape index (κ1) is 17.9. The number of carbonyl (C=O) groups is 2. The van der Waals surface area contributed by atoms with E-state index in [9.17, 15) is 9.59 Å². The molecule has 10 heteroatoms. The third kappa shape index (κ3) is 4.57. The zero-order chi connectivity index (χ0) is 17.8. The molecule has 0 saturated carbocycles. The number of hydrogen-bond acceptors (Lipinski definition) is 6. The highest BCUT2D eigenvalue weighted by Crippen LogP contribution is 2.23. The molecule has 0 radical (unpaired) electrons. The molecule has 8 nitrogen and oxygen atoms in total. The summed E-state index contributed by atoms with van der Waals surface area (Å²) in [5.41, 5.74) is 0. The van der Waals surface area contributed by atoms with E-state index >= 15 is 0 Å². The monoisotopic (exact) mass is 426 g/mol. The van der Waals surface area contributed by atoms with Gasteiger partial charge in [0.1, 0.15) is 0 Å². The van der Waals surface area contributed by atoms with E-state index in [-0.39, 0.29) is 18.4 Å². The maximum atomic E-state index is 12.2. The predicted octanol–water partition coefficient (Wildman–Crippen LogP) is 2.33. The lowest BCUT2D eigenvalue weighted by Crippen LogP contribution is -2.34. The molecule has 0 bridgehead atoms. The Labute approximate surface area is 157 Å². The Morgan fingerprint density at radius 3 is 2.80 bits per heavy atom. The first-order valence-electron chi connectivity index (χ1n) is 8.01. The minimum atomic E-state index is -0.326. The van der Waals surface area contributed by atoms with E-state index in [4.69, 9.17) is 0 Å². The molecule has 3 rings (SSSR count). The molecule has 0 aliphatic carbocycles. The van der Waals surface area contributed by atoms with Crippen molar-refractivity contribution in [2.24, 2.45) is 0 Å². The second-order valence-electron chi connectivity index (χ2n) is 5.84. The molecular weight excluding hydrogens is 408 g/mol. The van der Waals surface area contributed by atoms with Crippen LogP contribution < -0.4 is 10.2 Å². The summed E-state index contributed by atoms with van der Waals surface area (Å²) in [7, 11) is 1.59. The van der Waals surface area contributed by atoms with E-state index in [0.29, 0.717) is 16.8 Å². The Morgan fingerprint density at radius 2 is 2.12 bits per heavy atom. The lowest BCUT2D eigenvalue weighted by atomic mass is 10.1. The van der Waals surface area contributed by atoms with Gasteiger partial charge in [0.15, 0.2) is 0 Å². The number of halogens is 1. The molecule has 2 amide bonds. The molecular formula is C15H19BrN6O2S. The number of nitrogens with zero attached hydrogens (tertiary/aromatic N) is 4. The molecule has 3 heterocycles. The molecule has 0 atom stereocenters. The zero-order valence-corrected chi connectivity index (χ0v) is 16.2. The summed E-state index contributed by atoms with van der Waals surface area (Å²) in [6.45, 7) is 1.80. The number of thiophene rings is 1. The van der Waals surface area contributed by atoms with Gasteiger partial charge in [-0.15, -0.1) is 16.4 Å². The highest BCUT2D eigenvalue weighted by atomic mass is 79.9. The molecule has 2 aromatic heterocycles. The molecule has 2 N–H and O–H groups in total. The fourth-order valence-corrected chi connectivity index (χ4v) is 4.00. The van der Waals surface area contributed by atoms with E-state index in [2.05, 4.69) is 41.3 Å². The molecule has 1 aliphatic heterocycles. The maximum Gasteiger partial charge on any atom is 0.264 e. The van der Waals surface area contributed by atoms with Crippen LogP contribution >= 0.6 is 27.3 Å². The normalized spacial score (nSPS) is 14.4. The Balaban J connectivity index is 1.53. The van der Waals surface area contributed by atoms with Crippen LogP contribution in [0.5, 0.6) is 0 Å². The number of aromatic amines is 1. The molecule has 0 aromatic carbocycles. The quantitative estimate of drug-likeness (QED) is 0.764. The fraction of sp³-hybridized carbons (Fsp3) is 0.467. The second kappa shape index (κ2) is 7.96. The number of nitrogens with one attached hydrogen (secondary N) is 2. The van der Waals surface area contributed by atoms with Crippen molar-refractivity contribution >= 4 is 51.0 Å². The van der Waals surface area contributed by atoms with Crippen molar-refractivity contribution in [1.29, 1.82) is 0 Å². The number of amides is 2. The summed E-state index contributed by atoms with van der Waals surface area (Å²) >= 11 is 4.66. The Morgan fingerprint density at radius 1 is 1.36 bits per heavy atom. The van der Waals surface area contributed by atoms with Crippen LogP contribution in [-0.4, -0.2) is 58.6 Å². The van der Waals surface area contributed by atoms with Gasteiger partial charge in [-0.1, -0.05) is 0 Å². The molecule has 1 saturated heterocycles. The summed E-state index contributed by atoms with van der Waals surface area (Å²) in [6.07, 6.45) is 3.48. The SMILES string of the molecule is CN(CC(=O)Nc1nc(N2CCCCC2)n[nH]1)C(=O)c1ccc(Br)s1. The summed E-state index contributed by atoms with van der Waals surface area (Å²) in [5.74, 6) is 0.374. The van der Waals surface area contributed by atoms with Crippen molar-refractivity contribution < 1.29 is 9.59 Å². The van der Waals surface area contributed by atoms with Crippen LogP contribution in [-0.2, 0) is 4.79 Å². The van der Waals surface area contributed by atoms with Gasteiger partial charge in [-0.05, 0) is 47.3 Å². The zero-order valence-electron chi connectivity index (χ0n) is 13.8. The highest BCUT2D eigenvalue weighted by molar-refractivity contribution is 9.11. The van der Waals surface area contributed by atoms with Crippen molar-refractivity contribution in [3.8, 4) is 0 Å². The predicted molar refractivity (Wildman–Crippen MR) is 100 cm³/mol. The van der Waals surface area contributed by atoms with E-state index in [0.717, 1.165) is 29.7 Å². The third-order valence-corrected chi connectivity index (χ3v) is 5.49. The molecule has 1 fully saturated rings. The van der Waals surface area contributed by atoms with Crippen LogP contribution in [0, 0.1) is 0 Å². The number of aromatic nitrogens is 3. The topological polar surface area (TPSA) is 94.2 Å². The molecule has 0 spiro atoms. The average molecular weight is 427 g/mol. The Bertz CT molecular complexity index is 755. The summed E-state index contributed by atoms with van der Waals surface area (Å²) in [5, 5.41) is 9.53. The van der Waals surface area contributed by atoms with Crippen molar-refractivity contribution in [3.63, 3.8) is 0 Å². The molecule has 1 aliphatic rings. The number of H-pyrrole nitrogens is 1. The lowest BCUT2D eigenvalue weighted by Gasteiger charge is -2.24. The Hall–Kier alpha value is -1.94. The van der Waals surface area contributed by atoms with Crippen molar-refractivity contribution in [3.05, 3.63) is 20.8 Å². The standard InChI is InChI=1S/C15H19BrN6O2S/c1-21(13(24)10-5-6-11(16)25-10)9-12(23)17-14-18-15(20-19-14)22-7-3-2-4-8-22/h5-6H,2-4,7-9H2,1H3,(H2,17,18,19,20,23). The van der Waals surface area contributed by atoms with Crippen LogP contribution in [0.4, 0.5) is 11.9 Å². The minimum Gasteiger partial charge on any atom is -0.340 e. The lowest BCUT2D eigenvalue weighted by molar-refractivity contribution is -0.116. The second-order valence-corrected chi connectivity index (χ2v) is 8.31. The smallest absolute Gasteiger partial charge is 0.264 e. The fourth-order valence-electron chi connectivity index (χ4n) is 2.62. The van der Waals surface area contributed by atoms with E-state index in [1.54, 1.807) is 13.1 Å². The van der Waals surface area contributed by atoms with E-state index in [1.165, 1.54) is 22.7 Å². The largest absolute Gasteiger partial charge is 0.340 e. The average Bonchev–Trinajstić information content (AvgIpc) is 3.24. The number of hydrogen-bond donors (Lipinski definition) is 2. The van der Waals surface area contributed by atoms with Crippen molar-refractivity contribution in [1.82, 2.24) is 20.1 Å².